The maximum Gasteiger partial charge on any atom is 0.341 e. The van der Waals surface area contributed by atoms with Crippen LogP contribution in [0.4, 0.5) is 0 Å². The maximum atomic E-state index is 11.7. The molecule has 1 aliphatic rings. The number of nitrogens with zero attached hydrogens (tertiary/aromatic N) is 2. The van der Waals surface area contributed by atoms with Crippen LogP contribution < -0.4 is 15.8 Å². The van der Waals surface area contributed by atoms with Crippen LogP contribution >= 0.6 is 0 Å². The molecule has 108 valence electrons. The number of methoxy groups -OCH3 is 1. The minimum Gasteiger partial charge on any atom is -0.477 e. The van der Waals surface area contributed by atoms with E-state index in [0.717, 1.165) is 6.07 Å². The summed E-state index contributed by atoms with van der Waals surface area (Å²) in [5.74, 6) is -1.71. The van der Waals surface area contributed by atoms with Gasteiger partial charge in [0, 0.05) is 32.5 Å². The molecule has 0 spiro atoms. The monoisotopic (exact) mass is 281 g/mol. The van der Waals surface area contributed by atoms with Gasteiger partial charge in [-0.3, -0.25) is 19.3 Å². The van der Waals surface area contributed by atoms with Gasteiger partial charge < -0.3 is 15.2 Å². The quantitative estimate of drug-likeness (QED) is 0.687. The van der Waals surface area contributed by atoms with E-state index in [1.165, 1.54) is 10.9 Å². The lowest BCUT2D eigenvalue weighted by Crippen LogP contribution is -2.52. The van der Waals surface area contributed by atoms with Crippen LogP contribution in [0.1, 0.15) is 27.3 Å². The number of pyridine rings is 1. The van der Waals surface area contributed by atoms with Gasteiger partial charge in [-0.2, -0.15) is 0 Å². The van der Waals surface area contributed by atoms with Crippen LogP contribution in [-0.2, 0) is 4.74 Å². The highest BCUT2D eigenvalue weighted by Crippen LogP contribution is 2.07. The van der Waals surface area contributed by atoms with Gasteiger partial charge in [-0.1, -0.05) is 0 Å². The summed E-state index contributed by atoms with van der Waals surface area (Å²) < 4.78 is 6.37. The number of hydrogen-bond acceptors (Lipinski definition) is 5. The molecule has 1 aromatic rings. The van der Waals surface area contributed by atoms with Crippen molar-refractivity contribution in [1.82, 2.24) is 9.99 Å². The van der Waals surface area contributed by atoms with Crippen molar-refractivity contribution in [3.05, 3.63) is 33.7 Å². The average Bonchev–Trinajstić information content (AvgIpc) is 2.41. The van der Waals surface area contributed by atoms with Crippen LogP contribution in [-0.4, -0.2) is 48.6 Å². The van der Waals surface area contributed by atoms with Crippen molar-refractivity contribution >= 4 is 11.9 Å². The molecule has 1 aliphatic heterocycles. The average molecular weight is 281 g/mol. The van der Waals surface area contributed by atoms with Crippen molar-refractivity contribution < 1.29 is 19.4 Å². The highest BCUT2D eigenvalue weighted by atomic mass is 16.5. The van der Waals surface area contributed by atoms with Gasteiger partial charge in [-0.15, -0.1) is 0 Å². The minimum absolute atomic E-state index is 0.128. The van der Waals surface area contributed by atoms with Gasteiger partial charge in [0.15, 0.2) is 5.43 Å². The van der Waals surface area contributed by atoms with Gasteiger partial charge in [-0.05, 0) is 6.42 Å². The maximum absolute atomic E-state index is 11.7. The highest BCUT2D eigenvalue weighted by molar-refractivity contribution is 5.95. The van der Waals surface area contributed by atoms with Crippen LogP contribution in [0.2, 0.25) is 0 Å². The van der Waals surface area contributed by atoms with Gasteiger partial charge >= 0.3 is 5.97 Å². The second-order valence-corrected chi connectivity index (χ2v) is 4.33. The van der Waals surface area contributed by atoms with Gasteiger partial charge in [0.05, 0.1) is 0 Å². The molecule has 0 unspecified atom stereocenters. The van der Waals surface area contributed by atoms with Crippen LogP contribution in [0.15, 0.2) is 17.1 Å². The first-order chi connectivity index (χ1) is 9.54. The number of carboxylic acids is 1. The number of aromatic carboxylic acids is 1. The Labute approximate surface area is 114 Å². The zero-order valence-corrected chi connectivity index (χ0v) is 11.0. The van der Waals surface area contributed by atoms with Crippen molar-refractivity contribution in [2.24, 2.45) is 0 Å². The number of aromatic nitrogens is 1. The van der Waals surface area contributed by atoms with E-state index in [0.29, 0.717) is 19.6 Å². The van der Waals surface area contributed by atoms with Crippen LogP contribution in [0, 0.1) is 0 Å². The van der Waals surface area contributed by atoms with Crippen molar-refractivity contribution in [2.45, 2.75) is 6.42 Å². The molecule has 0 bridgehead atoms. The molecule has 2 heterocycles. The molecular formula is C12H15N3O5. The lowest BCUT2D eigenvalue weighted by atomic mass is 10.2. The van der Waals surface area contributed by atoms with E-state index in [4.69, 9.17) is 9.84 Å². The summed E-state index contributed by atoms with van der Waals surface area (Å²) in [5.41, 5.74) is -0.915. The standard InChI is InChI=1S/C12H15N3O5/c1-20-4-2-3-14-7-13-11(17)9-5-10(16)8(12(18)19)6-15(9)14/h5-6H,2-4,7H2,1H3,(H,13,17)(H,18,19). The Morgan fingerprint density at radius 3 is 2.90 bits per heavy atom. The summed E-state index contributed by atoms with van der Waals surface area (Å²) in [7, 11) is 1.59. The Morgan fingerprint density at radius 2 is 2.25 bits per heavy atom. The smallest absolute Gasteiger partial charge is 0.341 e. The normalized spacial score (nSPS) is 13.8. The van der Waals surface area contributed by atoms with Crippen LogP contribution in [0.5, 0.6) is 0 Å². The van der Waals surface area contributed by atoms with Gasteiger partial charge in [0.2, 0.25) is 0 Å². The number of rotatable bonds is 5. The molecule has 0 atom stereocenters. The summed E-state index contributed by atoms with van der Waals surface area (Å²) in [6.07, 6.45) is 1.89. The Bertz CT molecular complexity index is 595. The number of nitrogens with one attached hydrogen (secondary N) is 1. The topological polar surface area (TPSA) is 101 Å². The Balaban J connectivity index is 2.38. The molecule has 0 aliphatic carbocycles. The summed E-state index contributed by atoms with van der Waals surface area (Å²) >= 11 is 0. The first-order valence-electron chi connectivity index (χ1n) is 6.07. The van der Waals surface area contributed by atoms with E-state index in [-0.39, 0.29) is 17.9 Å². The summed E-state index contributed by atoms with van der Waals surface area (Å²) in [6.45, 7) is 1.35. The van der Waals surface area contributed by atoms with E-state index < -0.39 is 17.3 Å². The third kappa shape index (κ3) is 2.64. The molecule has 2 N–H and O–H groups in total. The van der Waals surface area contributed by atoms with Gasteiger partial charge in [0.1, 0.15) is 17.9 Å². The molecule has 1 amide bonds. The van der Waals surface area contributed by atoms with Crippen molar-refractivity contribution in [3.8, 4) is 0 Å². The third-order valence-corrected chi connectivity index (χ3v) is 2.99. The Morgan fingerprint density at radius 1 is 1.50 bits per heavy atom. The number of carbonyl (C=O) groups excluding carboxylic acids is 1. The molecule has 1 aromatic heterocycles. The molecule has 8 heteroatoms. The van der Waals surface area contributed by atoms with Gasteiger partial charge in [0.25, 0.3) is 5.91 Å². The fourth-order valence-electron chi connectivity index (χ4n) is 2.00. The van der Waals surface area contributed by atoms with E-state index in [2.05, 4.69) is 5.32 Å². The molecule has 0 aromatic carbocycles. The molecule has 8 nitrogen and oxygen atoms in total. The van der Waals surface area contributed by atoms with E-state index in [1.54, 1.807) is 12.1 Å². The summed E-state index contributed by atoms with van der Waals surface area (Å²) in [4.78, 5) is 34.4. The second-order valence-electron chi connectivity index (χ2n) is 4.33. The molecule has 20 heavy (non-hydrogen) atoms. The second kappa shape index (κ2) is 5.74. The largest absolute Gasteiger partial charge is 0.477 e. The Kier molecular flexibility index (Phi) is 4.04. The molecule has 0 fully saturated rings. The lowest BCUT2D eigenvalue weighted by Gasteiger charge is -2.33. The third-order valence-electron chi connectivity index (χ3n) is 2.99. The van der Waals surface area contributed by atoms with E-state index in [9.17, 15) is 14.4 Å². The number of fused-ring (bicyclic) bond motifs is 1. The minimum atomic E-state index is -1.31. The van der Waals surface area contributed by atoms with E-state index in [1.807, 2.05) is 0 Å². The fraction of sp³-hybridized carbons (Fsp3) is 0.417. The molecule has 0 saturated carbocycles. The first kappa shape index (κ1) is 14.1. The lowest BCUT2D eigenvalue weighted by molar-refractivity contribution is 0.0692. The van der Waals surface area contributed by atoms with Gasteiger partial charge in [-0.25, -0.2) is 4.79 Å². The molecule has 0 radical (unpaired) electrons. The molecule has 0 saturated heterocycles. The fourth-order valence-corrected chi connectivity index (χ4v) is 2.00. The van der Waals surface area contributed by atoms with E-state index >= 15 is 0 Å². The molecular weight excluding hydrogens is 266 g/mol. The number of carbonyl (C=O) groups is 2. The predicted octanol–water partition coefficient (Wildman–Crippen LogP) is -0.778. The summed E-state index contributed by atoms with van der Waals surface area (Å²) in [6, 6.07) is 1.04. The van der Waals surface area contributed by atoms with Crippen LogP contribution in [0.3, 0.4) is 0 Å². The number of ether oxygens (including phenoxy) is 1. The highest BCUT2D eigenvalue weighted by Gasteiger charge is 2.24. The zero-order valence-electron chi connectivity index (χ0n) is 11.0. The SMILES string of the molecule is COCCCN1CNC(=O)c2cc(=O)c(C(=O)O)cn21. The molecule has 2 rings (SSSR count). The van der Waals surface area contributed by atoms with Crippen molar-refractivity contribution in [2.75, 3.05) is 31.9 Å². The number of amides is 1. The first-order valence-corrected chi connectivity index (χ1v) is 6.07. The van der Waals surface area contributed by atoms with Crippen molar-refractivity contribution in [3.63, 3.8) is 0 Å². The number of hydrogen-bond donors (Lipinski definition) is 2. The predicted molar refractivity (Wildman–Crippen MR) is 69.6 cm³/mol. The Hall–Kier alpha value is -2.35. The van der Waals surface area contributed by atoms with Crippen LogP contribution in [0.25, 0.3) is 0 Å². The zero-order chi connectivity index (χ0) is 14.7. The number of carboxylic acid groups (broad SMARTS) is 1. The van der Waals surface area contributed by atoms with Crippen molar-refractivity contribution in [1.29, 1.82) is 0 Å². The summed E-state index contributed by atoms with van der Waals surface area (Å²) in [5, 5.41) is 13.3.